The summed E-state index contributed by atoms with van der Waals surface area (Å²) in [6, 6.07) is 0. The van der Waals surface area contributed by atoms with Crippen LogP contribution in [0.2, 0.25) is 0 Å². The highest BCUT2D eigenvalue weighted by Gasteiger charge is 2.25. The molecular formula is C20H39NO. The lowest BCUT2D eigenvalue weighted by atomic mass is 9.84. The monoisotopic (exact) mass is 309 g/mol. The average Bonchev–Trinajstić information content (AvgIpc) is 2.94. The van der Waals surface area contributed by atoms with Crippen LogP contribution in [0.4, 0.5) is 0 Å². The smallest absolute Gasteiger partial charge is 0.0578 e. The molecule has 0 aromatic carbocycles. The molecule has 1 aliphatic heterocycles. The number of hydrogen-bond acceptors (Lipinski definition) is 2. The molecule has 1 heterocycles. The predicted molar refractivity (Wildman–Crippen MR) is 95.2 cm³/mol. The number of ether oxygens (including phenoxy) is 1. The van der Waals surface area contributed by atoms with Gasteiger partial charge in [0.25, 0.3) is 0 Å². The Morgan fingerprint density at radius 3 is 2.27 bits per heavy atom. The van der Waals surface area contributed by atoms with Gasteiger partial charge in [-0.05, 0) is 83.2 Å². The molecule has 0 spiro atoms. The Morgan fingerprint density at radius 2 is 1.68 bits per heavy atom. The first-order chi connectivity index (χ1) is 10.5. The van der Waals surface area contributed by atoms with Gasteiger partial charge in [0.15, 0.2) is 0 Å². The third-order valence-corrected chi connectivity index (χ3v) is 5.85. The van der Waals surface area contributed by atoms with E-state index >= 15 is 0 Å². The summed E-state index contributed by atoms with van der Waals surface area (Å²) in [5.41, 5.74) is 0. The number of nitrogens with zero attached hydrogens (tertiary/aromatic N) is 1. The summed E-state index contributed by atoms with van der Waals surface area (Å²) in [7, 11) is 0. The van der Waals surface area contributed by atoms with E-state index in [4.69, 9.17) is 4.74 Å². The molecule has 2 nitrogen and oxygen atoms in total. The zero-order valence-corrected chi connectivity index (χ0v) is 15.5. The van der Waals surface area contributed by atoms with Crippen molar-refractivity contribution in [3.8, 4) is 0 Å². The van der Waals surface area contributed by atoms with Crippen LogP contribution in [0.3, 0.4) is 0 Å². The van der Waals surface area contributed by atoms with Crippen LogP contribution in [0.25, 0.3) is 0 Å². The highest BCUT2D eigenvalue weighted by atomic mass is 16.5. The third-order valence-electron chi connectivity index (χ3n) is 5.85. The molecule has 1 unspecified atom stereocenters. The molecule has 0 bridgehead atoms. The summed E-state index contributed by atoms with van der Waals surface area (Å²) in [5, 5.41) is 0. The SMILES string of the molecule is CC(C)O[C@H]1CC[C@H](CCCCN2CCC(C(C)C)C2)CC1. The van der Waals surface area contributed by atoms with E-state index in [1.807, 2.05) is 0 Å². The van der Waals surface area contributed by atoms with Crippen LogP contribution in [0, 0.1) is 17.8 Å². The highest BCUT2D eigenvalue weighted by molar-refractivity contribution is 4.78. The van der Waals surface area contributed by atoms with Gasteiger partial charge in [-0.3, -0.25) is 0 Å². The molecule has 0 N–H and O–H groups in total. The molecule has 0 amide bonds. The van der Waals surface area contributed by atoms with Crippen molar-refractivity contribution in [1.82, 2.24) is 4.90 Å². The van der Waals surface area contributed by atoms with Crippen LogP contribution in [0.1, 0.15) is 79.1 Å². The van der Waals surface area contributed by atoms with E-state index in [2.05, 4.69) is 32.6 Å². The van der Waals surface area contributed by atoms with Gasteiger partial charge in [-0.1, -0.05) is 26.7 Å². The van der Waals surface area contributed by atoms with Crippen molar-refractivity contribution in [1.29, 1.82) is 0 Å². The topological polar surface area (TPSA) is 12.5 Å². The molecule has 2 fully saturated rings. The van der Waals surface area contributed by atoms with Crippen molar-refractivity contribution in [2.45, 2.75) is 91.3 Å². The lowest BCUT2D eigenvalue weighted by Gasteiger charge is -2.30. The molecule has 0 radical (unpaired) electrons. The fourth-order valence-electron chi connectivity index (χ4n) is 4.32. The number of rotatable bonds is 8. The molecule has 2 aliphatic rings. The lowest BCUT2D eigenvalue weighted by Crippen LogP contribution is -2.25. The van der Waals surface area contributed by atoms with Gasteiger partial charge in [-0.15, -0.1) is 0 Å². The van der Waals surface area contributed by atoms with Crippen LogP contribution in [0.5, 0.6) is 0 Å². The van der Waals surface area contributed by atoms with Crippen LogP contribution in [-0.2, 0) is 4.74 Å². The van der Waals surface area contributed by atoms with Crippen molar-refractivity contribution >= 4 is 0 Å². The highest BCUT2D eigenvalue weighted by Crippen LogP contribution is 2.30. The Balaban J connectivity index is 1.50. The fourth-order valence-corrected chi connectivity index (χ4v) is 4.32. The fraction of sp³-hybridized carbons (Fsp3) is 1.00. The van der Waals surface area contributed by atoms with Crippen LogP contribution < -0.4 is 0 Å². The predicted octanol–water partition coefficient (Wildman–Crippen LogP) is 5.12. The molecule has 1 aliphatic carbocycles. The summed E-state index contributed by atoms with van der Waals surface area (Å²) < 4.78 is 5.96. The van der Waals surface area contributed by atoms with Crippen LogP contribution in [-0.4, -0.2) is 36.7 Å². The quantitative estimate of drug-likeness (QED) is 0.577. The van der Waals surface area contributed by atoms with E-state index in [-0.39, 0.29) is 0 Å². The molecule has 1 saturated heterocycles. The zero-order chi connectivity index (χ0) is 15.9. The summed E-state index contributed by atoms with van der Waals surface area (Å²) in [6.45, 7) is 13.1. The second kappa shape index (κ2) is 9.27. The van der Waals surface area contributed by atoms with E-state index in [1.165, 1.54) is 71.0 Å². The summed E-state index contributed by atoms with van der Waals surface area (Å²) >= 11 is 0. The second-order valence-electron chi connectivity index (χ2n) is 8.42. The second-order valence-corrected chi connectivity index (χ2v) is 8.42. The molecule has 1 saturated carbocycles. The van der Waals surface area contributed by atoms with E-state index in [0.29, 0.717) is 12.2 Å². The van der Waals surface area contributed by atoms with E-state index < -0.39 is 0 Å². The van der Waals surface area contributed by atoms with Crippen molar-refractivity contribution < 1.29 is 4.74 Å². The van der Waals surface area contributed by atoms with E-state index in [1.54, 1.807) is 0 Å². The number of hydrogen-bond donors (Lipinski definition) is 0. The minimum absolute atomic E-state index is 0.400. The molecule has 0 aromatic heterocycles. The molecule has 2 rings (SSSR count). The van der Waals surface area contributed by atoms with Gasteiger partial charge < -0.3 is 9.64 Å². The van der Waals surface area contributed by atoms with Gasteiger partial charge in [0.1, 0.15) is 0 Å². The maximum Gasteiger partial charge on any atom is 0.0578 e. The third kappa shape index (κ3) is 6.20. The number of unbranched alkanes of at least 4 members (excludes halogenated alkanes) is 1. The largest absolute Gasteiger partial charge is 0.376 e. The van der Waals surface area contributed by atoms with E-state index in [0.717, 1.165) is 17.8 Å². The van der Waals surface area contributed by atoms with E-state index in [9.17, 15) is 0 Å². The first-order valence-corrected chi connectivity index (χ1v) is 9.92. The average molecular weight is 310 g/mol. The Kier molecular flexibility index (Phi) is 7.70. The van der Waals surface area contributed by atoms with Gasteiger partial charge in [-0.25, -0.2) is 0 Å². The molecule has 130 valence electrons. The van der Waals surface area contributed by atoms with Gasteiger partial charge >= 0.3 is 0 Å². The molecule has 22 heavy (non-hydrogen) atoms. The molecule has 2 heteroatoms. The molecule has 1 atom stereocenters. The maximum absolute atomic E-state index is 5.96. The summed E-state index contributed by atoms with van der Waals surface area (Å²) in [4.78, 5) is 2.71. The number of likely N-dealkylation sites (tertiary alicyclic amines) is 1. The first-order valence-electron chi connectivity index (χ1n) is 9.92. The van der Waals surface area contributed by atoms with Gasteiger partial charge in [0.2, 0.25) is 0 Å². The molecule has 0 aromatic rings. The Morgan fingerprint density at radius 1 is 0.955 bits per heavy atom. The summed E-state index contributed by atoms with van der Waals surface area (Å²) in [6.07, 6.45) is 12.1. The standard InChI is InChI=1S/C20H39NO/c1-16(2)19-12-14-21(15-19)13-6-5-7-18-8-10-20(11-9-18)22-17(3)4/h16-20H,5-15H2,1-4H3/t18-,19?,20-. The van der Waals surface area contributed by atoms with Crippen LogP contribution >= 0.6 is 0 Å². The van der Waals surface area contributed by atoms with Crippen molar-refractivity contribution in [3.05, 3.63) is 0 Å². The normalized spacial score (nSPS) is 30.5. The molecular weight excluding hydrogens is 270 g/mol. The summed E-state index contributed by atoms with van der Waals surface area (Å²) in [5.74, 6) is 2.80. The Labute approximate surface area is 139 Å². The Bertz CT molecular complexity index is 294. The van der Waals surface area contributed by atoms with Gasteiger partial charge in [-0.2, -0.15) is 0 Å². The van der Waals surface area contributed by atoms with Crippen LogP contribution in [0.15, 0.2) is 0 Å². The minimum atomic E-state index is 0.400. The van der Waals surface area contributed by atoms with Crippen molar-refractivity contribution in [2.24, 2.45) is 17.8 Å². The van der Waals surface area contributed by atoms with Gasteiger partial charge in [0.05, 0.1) is 12.2 Å². The van der Waals surface area contributed by atoms with Crippen molar-refractivity contribution in [2.75, 3.05) is 19.6 Å². The van der Waals surface area contributed by atoms with Gasteiger partial charge in [0, 0.05) is 6.54 Å². The lowest BCUT2D eigenvalue weighted by molar-refractivity contribution is -0.0203. The Hall–Kier alpha value is -0.0800. The zero-order valence-electron chi connectivity index (χ0n) is 15.5. The maximum atomic E-state index is 5.96. The first kappa shape index (κ1) is 18.3. The van der Waals surface area contributed by atoms with Crippen molar-refractivity contribution in [3.63, 3.8) is 0 Å². The minimum Gasteiger partial charge on any atom is -0.376 e.